The minimum atomic E-state index is -0.408. The summed E-state index contributed by atoms with van der Waals surface area (Å²) < 4.78 is 10.8. The average Bonchev–Trinajstić information content (AvgIpc) is 2.54. The van der Waals surface area contributed by atoms with Gasteiger partial charge in [0.1, 0.15) is 5.60 Å². The van der Waals surface area contributed by atoms with Crippen molar-refractivity contribution in [3.8, 4) is 0 Å². The molecule has 3 heterocycles. The van der Waals surface area contributed by atoms with Crippen molar-refractivity contribution >= 4 is 6.09 Å². The molecule has 2 bridgehead atoms. The first-order valence-corrected chi connectivity index (χ1v) is 7.77. The summed E-state index contributed by atoms with van der Waals surface area (Å²) in [7, 11) is 0. The lowest BCUT2D eigenvalue weighted by Gasteiger charge is -2.41. The van der Waals surface area contributed by atoms with Gasteiger partial charge in [0, 0.05) is 18.1 Å². The molecule has 5 heteroatoms. The first-order valence-electron chi connectivity index (χ1n) is 7.77. The number of nitrogens with zero attached hydrogens (tertiary/aromatic N) is 1. The number of hydrogen-bond acceptors (Lipinski definition) is 4. The fourth-order valence-corrected chi connectivity index (χ4v) is 3.59. The van der Waals surface area contributed by atoms with Crippen LogP contribution in [0, 0.1) is 0 Å². The van der Waals surface area contributed by atoms with E-state index < -0.39 is 5.60 Å². The maximum absolute atomic E-state index is 12.3. The van der Waals surface area contributed by atoms with Crippen molar-refractivity contribution in [3.05, 3.63) is 0 Å². The third-order valence-corrected chi connectivity index (χ3v) is 4.45. The van der Waals surface area contributed by atoms with Gasteiger partial charge in [-0.2, -0.15) is 0 Å². The Kier molecular flexibility index (Phi) is 3.67. The van der Waals surface area contributed by atoms with Crippen molar-refractivity contribution in [2.75, 3.05) is 13.2 Å². The number of nitrogens with one attached hydrogen (secondary N) is 1. The van der Waals surface area contributed by atoms with E-state index in [1.54, 1.807) is 0 Å². The van der Waals surface area contributed by atoms with Crippen LogP contribution >= 0.6 is 0 Å². The number of hydrogen-bond donors (Lipinski definition) is 1. The number of piperidine rings is 1. The van der Waals surface area contributed by atoms with Crippen LogP contribution in [0.5, 0.6) is 0 Å². The highest BCUT2D eigenvalue weighted by molar-refractivity contribution is 5.69. The molecule has 0 saturated carbocycles. The molecule has 5 nitrogen and oxygen atoms in total. The van der Waals surface area contributed by atoms with E-state index in [4.69, 9.17) is 9.47 Å². The monoisotopic (exact) mass is 282 g/mol. The maximum atomic E-state index is 12.3. The Morgan fingerprint density at radius 1 is 1.15 bits per heavy atom. The Morgan fingerprint density at radius 2 is 1.75 bits per heavy atom. The molecule has 3 fully saturated rings. The van der Waals surface area contributed by atoms with E-state index in [1.165, 1.54) is 0 Å². The van der Waals surface area contributed by atoms with Crippen LogP contribution in [0.2, 0.25) is 0 Å². The summed E-state index contributed by atoms with van der Waals surface area (Å²) in [5.74, 6) is 0. The maximum Gasteiger partial charge on any atom is 0.410 e. The quantitative estimate of drug-likeness (QED) is 0.840. The molecule has 0 radical (unpaired) electrons. The normalized spacial score (nSPS) is 34.0. The molecule has 2 atom stereocenters. The average molecular weight is 282 g/mol. The van der Waals surface area contributed by atoms with E-state index in [9.17, 15) is 4.79 Å². The third kappa shape index (κ3) is 2.93. The van der Waals surface area contributed by atoms with Gasteiger partial charge >= 0.3 is 6.09 Å². The van der Waals surface area contributed by atoms with Gasteiger partial charge in [0.2, 0.25) is 0 Å². The minimum absolute atomic E-state index is 0.129. The van der Waals surface area contributed by atoms with Crippen molar-refractivity contribution in [3.63, 3.8) is 0 Å². The first-order chi connectivity index (χ1) is 9.42. The molecule has 1 N–H and O–H groups in total. The number of carbonyl (C=O) groups is 1. The molecule has 3 aliphatic rings. The summed E-state index contributed by atoms with van der Waals surface area (Å²) in [6.07, 6.45) is 4.20. The Hall–Kier alpha value is -0.810. The van der Waals surface area contributed by atoms with Gasteiger partial charge in [0.25, 0.3) is 0 Å². The standard InChI is InChI=1S/C15H26N2O3/c1-15(2,3)20-14(18)17-12-4-5-13(17)7-10(6-12)16-11-8-19-9-11/h10-13,16H,4-9H2,1-3H3. The van der Waals surface area contributed by atoms with Crippen molar-refractivity contribution in [2.45, 2.75) is 76.2 Å². The van der Waals surface area contributed by atoms with Crippen molar-refractivity contribution < 1.29 is 14.3 Å². The number of rotatable bonds is 2. The molecule has 3 saturated heterocycles. The zero-order chi connectivity index (χ0) is 14.3. The molecule has 114 valence electrons. The van der Waals surface area contributed by atoms with Gasteiger partial charge in [-0.3, -0.25) is 0 Å². The summed E-state index contributed by atoms with van der Waals surface area (Å²) in [6.45, 7) is 7.45. The number of fused-ring (bicyclic) bond motifs is 2. The summed E-state index contributed by atoms with van der Waals surface area (Å²) in [5.41, 5.74) is -0.408. The van der Waals surface area contributed by atoms with Crippen LogP contribution in [0.15, 0.2) is 0 Å². The van der Waals surface area contributed by atoms with Crippen LogP contribution in [-0.2, 0) is 9.47 Å². The van der Waals surface area contributed by atoms with Crippen LogP contribution in [-0.4, -0.2) is 54.0 Å². The molecule has 0 aromatic rings. The number of amides is 1. The number of ether oxygens (including phenoxy) is 2. The molecule has 3 rings (SSSR count). The van der Waals surface area contributed by atoms with Crippen molar-refractivity contribution in [1.82, 2.24) is 10.2 Å². The van der Waals surface area contributed by atoms with Gasteiger partial charge < -0.3 is 19.7 Å². The molecule has 3 aliphatic heterocycles. The predicted molar refractivity (Wildman–Crippen MR) is 75.6 cm³/mol. The SMILES string of the molecule is CC(C)(C)OC(=O)N1C2CCC1CC(NC1COC1)C2. The Bertz CT molecular complexity index is 362. The molecular weight excluding hydrogens is 256 g/mol. The van der Waals surface area contributed by atoms with E-state index in [-0.39, 0.29) is 6.09 Å². The van der Waals surface area contributed by atoms with Crippen molar-refractivity contribution in [1.29, 1.82) is 0 Å². The van der Waals surface area contributed by atoms with E-state index in [1.807, 2.05) is 25.7 Å². The minimum Gasteiger partial charge on any atom is -0.444 e. The lowest BCUT2D eigenvalue weighted by atomic mass is 9.96. The van der Waals surface area contributed by atoms with Gasteiger partial charge in [-0.05, 0) is 46.5 Å². The summed E-state index contributed by atoms with van der Waals surface area (Å²) >= 11 is 0. The van der Waals surface area contributed by atoms with E-state index in [0.717, 1.165) is 38.9 Å². The third-order valence-electron chi connectivity index (χ3n) is 4.45. The molecule has 20 heavy (non-hydrogen) atoms. The molecule has 0 aromatic carbocycles. The highest BCUT2D eigenvalue weighted by Crippen LogP contribution is 2.37. The van der Waals surface area contributed by atoms with Crippen LogP contribution in [0.1, 0.15) is 46.5 Å². The van der Waals surface area contributed by atoms with Crippen molar-refractivity contribution in [2.24, 2.45) is 0 Å². The van der Waals surface area contributed by atoms with Crippen LogP contribution < -0.4 is 5.32 Å². The summed E-state index contributed by atoms with van der Waals surface area (Å²) in [5, 5.41) is 3.66. The molecule has 0 spiro atoms. The van der Waals surface area contributed by atoms with E-state index in [2.05, 4.69) is 5.32 Å². The lowest BCUT2D eigenvalue weighted by Crippen LogP contribution is -2.57. The first kappa shape index (κ1) is 14.1. The Morgan fingerprint density at radius 3 is 2.20 bits per heavy atom. The second-order valence-electron chi connectivity index (χ2n) is 7.34. The van der Waals surface area contributed by atoms with E-state index in [0.29, 0.717) is 24.2 Å². The zero-order valence-electron chi connectivity index (χ0n) is 12.7. The van der Waals surface area contributed by atoms with E-state index >= 15 is 0 Å². The second-order valence-corrected chi connectivity index (χ2v) is 7.34. The number of carbonyl (C=O) groups excluding carboxylic acids is 1. The zero-order valence-corrected chi connectivity index (χ0v) is 12.7. The lowest BCUT2D eigenvalue weighted by molar-refractivity contribution is -0.0216. The summed E-state index contributed by atoms with van der Waals surface area (Å²) in [4.78, 5) is 14.3. The fourth-order valence-electron chi connectivity index (χ4n) is 3.59. The molecule has 1 amide bonds. The van der Waals surface area contributed by atoms with Crippen LogP contribution in [0.4, 0.5) is 4.79 Å². The highest BCUT2D eigenvalue weighted by atomic mass is 16.6. The van der Waals surface area contributed by atoms with Gasteiger partial charge in [0.15, 0.2) is 0 Å². The second kappa shape index (κ2) is 5.19. The van der Waals surface area contributed by atoms with Crippen LogP contribution in [0.3, 0.4) is 0 Å². The molecular formula is C15H26N2O3. The Labute approximate surface area is 121 Å². The largest absolute Gasteiger partial charge is 0.444 e. The Balaban J connectivity index is 1.58. The molecule has 0 aromatic heterocycles. The molecule has 2 unspecified atom stereocenters. The molecule has 0 aliphatic carbocycles. The fraction of sp³-hybridized carbons (Fsp3) is 0.933. The smallest absolute Gasteiger partial charge is 0.410 e. The van der Waals surface area contributed by atoms with Gasteiger partial charge in [-0.15, -0.1) is 0 Å². The van der Waals surface area contributed by atoms with Gasteiger partial charge in [-0.25, -0.2) is 4.79 Å². The predicted octanol–water partition coefficient (Wildman–Crippen LogP) is 1.91. The van der Waals surface area contributed by atoms with Gasteiger partial charge in [0.05, 0.1) is 19.3 Å². The summed E-state index contributed by atoms with van der Waals surface area (Å²) in [6, 6.07) is 1.75. The van der Waals surface area contributed by atoms with Gasteiger partial charge in [-0.1, -0.05) is 0 Å². The highest BCUT2D eigenvalue weighted by Gasteiger charge is 2.45. The topological polar surface area (TPSA) is 50.8 Å². The van der Waals surface area contributed by atoms with Crippen LogP contribution in [0.25, 0.3) is 0 Å².